The Bertz CT molecular complexity index is 1020. The number of aromatic nitrogens is 2. The first kappa shape index (κ1) is 17.9. The van der Waals surface area contributed by atoms with Gasteiger partial charge in [-0.2, -0.15) is 0 Å². The molecule has 0 amide bonds. The smallest absolute Gasteiger partial charge is 0.374 e. The maximum absolute atomic E-state index is 12.4. The van der Waals surface area contributed by atoms with Gasteiger partial charge in [-0.15, -0.1) is 11.3 Å². The third-order valence-corrected chi connectivity index (χ3v) is 4.84. The maximum atomic E-state index is 12.4. The van der Waals surface area contributed by atoms with Gasteiger partial charge >= 0.3 is 11.9 Å². The maximum Gasteiger partial charge on any atom is 0.374 e. The molecule has 3 aromatic rings. The van der Waals surface area contributed by atoms with Gasteiger partial charge in [0.2, 0.25) is 5.76 Å². The lowest BCUT2D eigenvalue weighted by Gasteiger charge is -2.11. The van der Waals surface area contributed by atoms with Gasteiger partial charge in [0.15, 0.2) is 11.9 Å². The van der Waals surface area contributed by atoms with Gasteiger partial charge in [-0.05, 0) is 38.5 Å². The second-order valence-corrected chi connectivity index (χ2v) is 6.43. The number of hydrogen-bond acceptors (Lipinski definition) is 8. The van der Waals surface area contributed by atoms with Crippen molar-refractivity contribution in [3.8, 4) is 0 Å². The second kappa shape index (κ2) is 7.12. The topological polar surface area (TPSA) is 111 Å². The normalized spacial score (nSPS) is 12.1. The molecular formula is C17H16N2O6S. The molecule has 3 heterocycles. The molecule has 0 spiro atoms. The molecular weight excluding hydrogens is 360 g/mol. The minimum atomic E-state index is -0.807. The quantitative estimate of drug-likeness (QED) is 0.681. The highest BCUT2D eigenvalue weighted by Crippen LogP contribution is 2.28. The summed E-state index contributed by atoms with van der Waals surface area (Å²) in [7, 11) is 0. The molecule has 0 saturated carbocycles. The van der Waals surface area contributed by atoms with E-state index in [2.05, 4.69) is 9.97 Å². The van der Waals surface area contributed by atoms with Crippen LogP contribution in [0.5, 0.6) is 0 Å². The number of nitrogens with one attached hydrogen (secondary N) is 1. The fourth-order valence-electron chi connectivity index (χ4n) is 2.41. The standard InChI is InChI=1S/C17H16N2O6S/c1-4-23-17(22)12-8(2)11-14(20)18-13(19-15(11)26-12)9(3)25-16(21)10-6-5-7-24-10/h5-7,9H,4H2,1-3H3,(H,18,19,20)/t9-/m0/s1. The fourth-order valence-corrected chi connectivity index (χ4v) is 3.50. The van der Waals surface area contributed by atoms with E-state index in [1.54, 1.807) is 26.8 Å². The van der Waals surface area contributed by atoms with Crippen LogP contribution in [-0.2, 0) is 9.47 Å². The molecule has 1 atom stereocenters. The number of carbonyl (C=O) groups excluding carboxylic acids is 2. The van der Waals surface area contributed by atoms with Crippen molar-refractivity contribution in [3.63, 3.8) is 0 Å². The summed E-state index contributed by atoms with van der Waals surface area (Å²) in [4.78, 5) is 44.1. The summed E-state index contributed by atoms with van der Waals surface area (Å²) in [6.45, 7) is 5.19. The van der Waals surface area contributed by atoms with E-state index in [9.17, 15) is 14.4 Å². The summed E-state index contributed by atoms with van der Waals surface area (Å²) >= 11 is 1.07. The molecule has 0 aliphatic carbocycles. The molecule has 3 rings (SSSR count). The van der Waals surface area contributed by atoms with E-state index in [-0.39, 0.29) is 18.2 Å². The SMILES string of the molecule is CCOC(=O)c1sc2nc([C@H](C)OC(=O)c3ccco3)[nH]c(=O)c2c1C. The average Bonchev–Trinajstić information content (AvgIpc) is 3.23. The van der Waals surface area contributed by atoms with Crippen LogP contribution in [0.4, 0.5) is 0 Å². The van der Waals surface area contributed by atoms with E-state index in [4.69, 9.17) is 13.9 Å². The van der Waals surface area contributed by atoms with Gasteiger partial charge in [-0.1, -0.05) is 0 Å². The van der Waals surface area contributed by atoms with Crippen LogP contribution in [0.2, 0.25) is 0 Å². The van der Waals surface area contributed by atoms with Crippen molar-refractivity contribution in [1.82, 2.24) is 9.97 Å². The van der Waals surface area contributed by atoms with Crippen LogP contribution in [0.25, 0.3) is 10.2 Å². The predicted octanol–water partition coefficient (Wildman–Crippen LogP) is 2.98. The number of thiophene rings is 1. The minimum Gasteiger partial charge on any atom is -0.462 e. The summed E-state index contributed by atoms with van der Waals surface area (Å²) in [6.07, 6.45) is 0.553. The van der Waals surface area contributed by atoms with Crippen molar-refractivity contribution >= 4 is 33.5 Å². The van der Waals surface area contributed by atoms with E-state index >= 15 is 0 Å². The Labute approximate surface area is 151 Å². The van der Waals surface area contributed by atoms with Gasteiger partial charge in [0.25, 0.3) is 5.56 Å². The molecule has 1 N–H and O–H groups in total. The van der Waals surface area contributed by atoms with E-state index in [1.165, 1.54) is 12.3 Å². The first-order chi connectivity index (χ1) is 12.4. The highest BCUT2D eigenvalue weighted by Gasteiger charge is 2.23. The highest BCUT2D eigenvalue weighted by molar-refractivity contribution is 7.20. The van der Waals surface area contributed by atoms with Crippen molar-refractivity contribution in [3.05, 3.63) is 50.8 Å². The van der Waals surface area contributed by atoms with E-state index in [0.717, 1.165) is 11.3 Å². The van der Waals surface area contributed by atoms with Crippen molar-refractivity contribution in [2.24, 2.45) is 0 Å². The molecule has 0 bridgehead atoms. The largest absolute Gasteiger partial charge is 0.462 e. The molecule has 3 aromatic heterocycles. The number of esters is 2. The van der Waals surface area contributed by atoms with Crippen LogP contribution >= 0.6 is 11.3 Å². The third-order valence-electron chi connectivity index (χ3n) is 3.67. The number of hydrogen-bond donors (Lipinski definition) is 1. The van der Waals surface area contributed by atoms with Crippen molar-refractivity contribution < 1.29 is 23.5 Å². The van der Waals surface area contributed by atoms with Crippen LogP contribution in [0.3, 0.4) is 0 Å². The molecule has 0 unspecified atom stereocenters. The van der Waals surface area contributed by atoms with E-state index < -0.39 is 23.6 Å². The number of ether oxygens (including phenoxy) is 2. The van der Waals surface area contributed by atoms with Crippen molar-refractivity contribution in [2.75, 3.05) is 6.61 Å². The number of rotatable bonds is 5. The Balaban J connectivity index is 1.94. The van der Waals surface area contributed by atoms with Gasteiger partial charge in [-0.3, -0.25) is 4.79 Å². The van der Waals surface area contributed by atoms with Gasteiger partial charge in [0.1, 0.15) is 9.71 Å². The average molecular weight is 376 g/mol. The molecule has 26 heavy (non-hydrogen) atoms. The van der Waals surface area contributed by atoms with Crippen LogP contribution in [0.15, 0.2) is 27.6 Å². The van der Waals surface area contributed by atoms with Crippen LogP contribution in [0, 0.1) is 6.92 Å². The first-order valence-electron chi connectivity index (χ1n) is 7.87. The Morgan fingerprint density at radius 1 is 1.38 bits per heavy atom. The summed E-state index contributed by atoms with van der Waals surface area (Å²) < 4.78 is 15.2. The molecule has 0 radical (unpaired) electrons. The number of carbonyl (C=O) groups is 2. The monoisotopic (exact) mass is 376 g/mol. The lowest BCUT2D eigenvalue weighted by atomic mass is 10.2. The molecule has 136 valence electrons. The summed E-state index contributed by atoms with van der Waals surface area (Å²) in [6, 6.07) is 3.04. The highest BCUT2D eigenvalue weighted by atomic mass is 32.1. The predicted molar refractivity (Wildman–Crippen MR) is 93.5 cm³/mol. The molecule has 0 aromatic carbocycles. The molecule has 9 heteroatoms. The number of fused-ring (bicyclic) bond motifs is 1. The number of aromatic amines is 1. The number of H-pyrrole nitrogens is 1. The first-order valence-corrected chi connectivity index (χ1v) is 8.69. The Hall–Kier alpha value is -2.94. The second-order valence-electron chi connectivity index (χ2n) is 5.43. The molecule has 0 saturated heterocycles. The number of aryl methyl sites for hydroxylation is 1. The summed E-state index contributed by atoms with van der Waals surface area (Å²) in [5.74, 6) is -0.929. The number of furan rings is 1. The van der Waals surface area contributed by atoms with Gasteiger partial charge in [-0.25, -0.2) is 14.6 Å². The van der Waals surface area contributed by atoms with Crippen molar-refractivity contribution in [2.45, 2.75) is 26.9 Å². The van der Waals surface area contributed by atoms with Crippen LogP contribution in [-0.4, -0.2) is 28.5 Å². The van der Waals surface area contributed by atoms with Crippen molar-refractivity contribution in [1.29, 1.82) is 0 Å². The Kier molecular flexibility index (Phi) is 4.90. The molecule has 8 nitrogen and oxygen atoms in total. The zero-order chi connectivity index (χ0) is 18.8. The van der Waals surface area contributed by atoms with Crippen LogP contribution in [0.1, 0.15) is 51.6 Å². The van der Waals surface area contributed by atoms with Gasteiger partial charge < -0.3 is 18.9 Å². The zero-order valence-electron chi connectivity index (χ0n) is 14.3. The summed E-state index contributed by atoms with van der Waals surface area (Å²) in [5.41, 5.74) is 0.110. The van der Waals surface area contributed by atoms with Crippen LogP contribution < -0.4 is 5.56 Å². The molecule has 0 aliphatic heterocycles. The van der Waals surface area contributed by atoms with E-state index in [0.29, 0.717) is 20.7 Å². The van der Waals surface area contributed by atoms with E-state index in [1.807, 2.05) is 0 Å². The lowest BCUT2D eigenvalue weighted by Crippen LogP contribution is -2.17. The summed E-state index contributed by atoms with van der Waals surface area (Å²) in [5, 5.41) is 0.325. The zero-order valence-corrected chi connectivity index (χ0v) is 15.1. The molecule has 0 aliphatic rings. The molecule has 0 fully saturated rings. The third kappa shape index (κ3) is 3.25. The van der Waals surface area contributed by atoms with Gasteiger partial charge in [0, 0.05) is 0 Å². The fraction of sp³-hybridized carbons (Fsp3) is 0.294. The Morgan fingerprint density at radius 3 is 2.81 bits per heavy atom. The minimum absolute atomic E-state index is 0.0526. The Morgan fingerprint density at radius 2 is 2.15 bits per heavy atom. The van der Waals surface area contributed by atoms with Gasteiger partial charge in [0.05, 0.1) is 18.3 Å². The number of nitrogens with zero attached hydrogens (tertiary/aromatic N) is 1. The lowest BCUT2D eigenvalue weighted by molar-refractivity contribution is 0.0283.